The molecule has 0 fully saturated rings. The van der Waals surface area contributed by atoms with Crippen LogP contribution in [-0.4, -0.2) is 33.6 Å². The zero-order chi connectivity index (χ0) is 24.1. The van der Waals surface area contributed by atoms with Crippen LogP contribution >= 0.6 is 23.5 Å². The SMILES string of the molecule is CC1=C(C(=O)CC(C)SCCSC(C)CC(=O)C2=C(C)CCCC2(C)C)C(C)(C)CCC1. The highest BCUT2D eigenvalue weighted by Gasteiger charge is 2.34. The van der Waals surface area contributed by atoms with Gasteiger partial charge < -0.3 is 0 Å². The van der Waals surface area contributed by atoms with Crippen LogP contribution < -0.4 is 0 Å². The summed E-state index contributed by atoms with van der Waals surface area (Å²) in [5, 5.41) is 0.683. The summed E-state index contributed by atoms with van der Waals surface area (Å²) in [6, 6.07) is 0. The van der Waals surface area contributed by atoms with E-state index in [2.05, 4.69) is 55.4 Å². The van der Waals surface area contributed by atoms with Gasteiger partial charge in [0.25, 0.3) is 0 Å². The molecule has 0 amide bonds. The third-order valence-electron chi connectivity index (χ3n) is 7.31. The Bertz CT molecular complexity index is 693. The molecule has 32 heavy (non-hydrogen) atoms. The van der Waals surface area contributed by atoms with Crippen LogP contribution in [0.15, 0.2) is 22.3 Å². The molecule has 0 aliphatic heterocycles. The topological polar surface area (TPSA) is 34.1 Å². The first-order valence-electron chi connectivity index (χ1n) is 12.5. The van der Waals surface area contributed by atoms with Gasteiger partial charge in [0.05, 0.1) is 0 Å². The maximum absolute atomic E-state index is 13.0. The zero-order valence-electron chi connectivity index (χ0n) is 21.9. The first-order valence-corrected chi connectivity index (χ1v) is 14.6. The molecule has 0 aromatic rings. The van der Waals surface area contributed by atoms with E-state index in [1.54, 1.807) is 0 Å². The van der Waals surface area contributed by atoms with E-state index < -0.39 is 0 Å². The highest BCUT2D eigenvalue weighted by atomic mass is 32.2. The number of allylic oxidation sites excluding steroid dienone is 4. The molecular weight excluding hydrogens is 432 g/mol. The molecule has 2 unspecified atom stereocenters. The van der Waals surface area contributed by atoms with Gasteiger partial charge >= 0.3 is 0 Å². The van der Waals surface area contributed by atoms with Crippen LogP contribution in [0.2, 0.25) is 0 Å². The van der Waals surface area contributed by atoms with Crippen LogP contribution in [0.4, 0.5) is 0 Å². The average Bonchev–Trinajstić information content (AvgIpc) is 2.63. The summed E-state index contributed by atoms with van der Waals surface area (Å²) in [6.45, 7) is 17.6. The molecule has 2 rings (SSSR count). The molecule has 2 aliphatic carbocycles. The van der Waals surface area contributed by atoms with Gasteiger partial charge in [-0.25, -0.2) is 0 Å². The number of carbonyl (C=O) groups excluding carboxylic acids is 2. The maximum atomic E-state index is 13.0. The third kappa shape index (κ3) is 7.52. The normalized spacial score (nSPS) is 22.6. The van der Waals surface area contributed by atoms with E-state index in [1.165, 1.54) is 24.0 Å². The molecular formula is C28H46O2S2. The van der Waals surface area contributed by atoms with Crippen molar-refractivity contribution in [2.24, 2.45) is 10.8 Å². The Morgan fingerprint density at radius 1 is 0.750 bits per heavy atom. The average molecular weight is 479 g/mol. The van der Waals surface area contributed by atoms with Gasteiger partial charge in [-0.15, -0.1) is 0 Å². The van der Waals surface area contributed by atoms with Crippen molar-refractivity contribution in [2.75, 3.05) is 11.5 Å². The first kappa shape index (κ1) is 27.8. The van der Waals surface area contributed by atoms with E-state index in [1.807, 2.05) is 23.5 Å². The summed E-state index contributed by atoms with van der Waals surface area (Å²) >= 11 is 3.80. The molecule has 0 spiro atoms. The Labute approximate surface area is 206 Å². The van der Waals surface area contributed by atoms with Crippen molar-refractivity contribution < 1.29 is 9.59 Å². The van der Waals surface area contributed by atoms with E-state index in [9.17, 15) is 9.59 Å². The Balaban J connectivity index is 1.75. The quantitative estimate of drug-likeness (QED) is 0.280. The summed E-state index contributed by atoms with van der Waals surface area (Å²) in [5.74, 6) is 2.79. The largest absolute Gasteiger partial charge is 0.294 e. The molecule has 0 radical (unpaired) electrons. The number of ketones is 2. The van der Waals surface area contributed by atoms with E-state index in [0.717, 1.165) is 48.3 Å². The second kappa shape index (κ2) is 11.8. The van der Waals surface area contributed by atoms with Crippen molar-refractivity contribution >= 4 is 35.1 Å². The summed E-state index contributed by atoms with van der Waals surface area (Å²) in [4.78, 5) is 26.0. The molecule has 2 atom stereocenters. The van der Waals surface area contributed by atoms with E-state index >= 15 is 0 Å². The van der Waals surface area contributed by atoms with Gasteiger partial charge in [0.2, 0.25) is 0 Å². The lowest BCUT2D eigenvalue weighted by Gasteiger charge is -2.34. The molecule has 4 heteroatoms. The zero-order valence-corrected chi connectivity index (χ0v) is 23.5. The Kier molecular flexibility index (Phi) is 10.2. The van der Waals surface area contributed by atoms with Gasteiger partial charge in [-0.1, -0.05) is 52.7 Å². The molecule has 0 N–H and O–H groups in total. The maximum Gasteiger partial charge on any atom is 0.160 e. The molecule has 0 saturated heterocycles. The Hall–Kier alpha value is -0.480. The van der Waals surface area contributed by atoms with Crippen molar-refractivity contribution in [2.45, 2.75) is 117 Å². The number of thioether (sulfide) groups is 2. The van der Waals surface area contributed by atoms with Crippen LogP contribution in [0.25, 0.3) is 0 Å². The predicted octanol–water partition coefficient (Wildman–Crippen LogP) is 8.20. The van der Waals surface area contributed by atoms with Gasteiger partial charge in [-0.2, -0.15) is 23.5 Å². The first-order chi connectivity index (χ1) is 14.8. The van der Waals surface area contributed by atoms with Crippen LogP contribution in [0.1, 0.15) is 107 Å². The molecule has 2 nitrogen and oxygen atoms in total. The van der Waals surface area contributed by atoms with Gasteiger partial charge in [0.1, 0.15) is 0 Å². The van der Waals surface area contributed by atoms with Crippen molar-refractivity contribution in [3.05, 3.63) is 22.3 Å². The molecule has 0 aromatic carbocycles. The van der Waals surface area contributed by atoms with E-state index in [4.69, 9.17) is 0 Å². The van der Waals surface area contributed by atoms with Crippen molar-refractivity contribution in [1.29, 1.82) is 0 Å². The second-order valence-electron chi connectivity index (χ2n) is 11.4. The predicted molar refractivity (Wildman–Crippen MR) is 144 cm³/mol. The van der Waals surface area contributed by atoms with E-state index in [0.29, 0.717) is 34.9 Å². The number of hydrogen-bond donors (Lipinski definition) is 0. The standard InChI is InChI=1S/C28H46O2S2/c1-19-11-9-13-27(5,6)25(19)23(29)17-21(3)31-15-16-32-22(4)18-24(30)26-20(2)12-10-14-28(26,7)8/h21-22H,9-18H2,1-8H3. The molecule has 0 bridgehead atoms. The van der Waals surface area contributed by atoms with Gasteiger partial charge in [-0.05, 0) is 74.3 Å². The number of hydrogen-bond acceptors (Lipinski definition) is 4. The minimum atomic E-state index is 0.0301. The van der Waals surface area contributed by atoms with Gasteiger partial charge in [0.15, 0.2) is 11.6 Å². The monoisotopic (exact) mass is 478 g/mol. The van der Waals surface area contributed by atoms with Crippen LogP contribution in [0.3, 0.4) is 0 Å². The second-order valence-corrected chi connectivity index (χ2v) is 14.5. The highest BCUT2D eigenvalue weighted by molar-refractivity contribution is 8.03. The lowest BCUT2D eigenvalue weighted by Crippen LogP contribution is -2.27. The number of Topliss-reactive ketones (excluding diaryl/α,β-unsaturated/α-hetero) is 2. The van der Waals surface area contributed by atoms with Crippen LogP contribution in [0.5, 0.6) is 0 Å². The molecule has 0 saturated carbocycles. The molecule has 0 heterocycles. The lowest BCUT2D eigenvalue weighted by molar-refractivity contribution is -0.117. The summed E-state index contributed by atoms with van der Waals surface area (Å²) in [5.41, 5.74) is 4.89. The van der Waals surface area contributed by atoms with Crippen molar-refractivity contribution in [1.82, 2.24) is 0 Å². The minimum absolute atomic E-state index is 0.0301. The van der Waals surface area contributed by atoms with Crippen LogP contribution in [0, 0.1) is 10.8 Å². The Morgan fingerprint density at radius 2 is 1.09 bits per heavy atom. The van der Waals surface area contributed by atoms with Crippen molar-refractivity contribution in [3.63, 3.8) is 0 Å². The highest BCUT2D eigenvalue weighted by Crippen LogP contribution is 2.42. The van der Waals surface area contributed by atoms with E-state index in [-0.39, 0.29) is 10.8 Å². The summed E-state index contributed by atoms with van der Waals surface area (Å²) in [7, 11) is 0. The van der Waals surface area contributed by atoms with Gasteiger partial charge in [-0.3, -0.25) is 9.59 Å². The molecule has 0 aromatic heterocycles. The fourth-order valence-corrected chi connectivity index (χ4v) is 7.93. The fraction of sp³-hybridized carbons (Fsp3) is 0.786. The molecule has 182 valence electrons. The Morgan fingerprint density at radius 3 is 1.41 bits per heavy atom. The lowest BCUT2D eigenvalue weighted by atomic mass is 9.70. The fourth-order valence-electron chi connectivity index (χ4n) is 5.82. The third-order valence-corrected chi connectivity index (χ3v) is 9.92. The number of rotatable bonds is 11. The van der Waals surface area contributed by atoms with Gasteiger partial charge in [0, 0.05) is 34.8 Å². The summed E-state index contributed by atoms with van der Waals surface area (Å²) in [6.07, 6.45) is 8.07. The van der Waals surface area contributed by atoms with Crippen LogP contribution in [-0.2, 0) is 9.59 Å². The minimum Gasteiger partial charge on any atom is -0.294 e. The van der Waals surface area contributed by atoms with Crippen molar-refractivity contribution in [3.8, 4) is 0 Å². The molecule has 2 aliphatic rings. The number of carbonyl (C=O) groups is 2. The summed E-state index contributed by atoms with van der Waals surface area (Å²) < 4.78 is 0. The smallest absolute Gasteiger partial charge is 0.160 e.